The Morgan fingerprint density at radius 1 is 1.26 bits per heavy atom. The fourth-order valence-corrected chi connectivity index (χ4v) is 4.21. The van der Waals surface area contributed by atoms with E-state index in [-0.39, 0.29) is 5.91 Å². The van der Waals surface area contributed by atoms with Crippen LogP contribution in [0.5, 0.6) is 0 Å². The third-order valence-electron chi connectivity index (χ3n) is 4.58. The number of hydrogen-bond donors (Lipinski definition) is 1. The van der Waals surface area contributed by atoms with Crippen LogP contribution in [0, 0.1) is 6.92 Å². The van der Waals surface area contributed by atoms with E-state index < -0.39 is 5.25 Å². The number of benzene rings is 2. The lowest BCUT2D eigenvalue weighted by atomic mass is 10.1. The maximum Gasteiger partial charge on any atom is 0.242 e. The lowest BCUT2D eigenvalue weighted by Crippen LogP contribution is -2.19. The standard InChI is InChI=1S/C21H20ClN3OS/c1-14-7-8-16(13-18(14)22)24-20(26)19(15-5-3-2-4-6-15)27-21-23-11-12-25(21)17-9-10-17/h2-8,11-13,17,19H,9-10H2,1H3,(H,24,26). The number of rotatable bonds is 6. The topological polar surface area (TPSA) is 46.9 Å². The average Bonchev–Trinajstić information content (AvgIpc) is 3.41. The van der Waals surface area contributed by atoms with E-state index in [4.69, 9.17) is 11.6 Å². The molecule has 1 aliphatic carbocycles. The summed E-state index contributed by atoms with van der Waals surface area (Å²) in [5, 5.41) is 4.12. The van der Waals surface area contributed by atoms with Gasteiger partial charge in [-0.1, -0.05) is 59.8 Å². The average molecular weight is 398 g/mol. The monoisotopic (exact) mass is 397 g/mol. The summed E-state index contributed by atoms with van der Waals surface area (Å²) >= 11 is 7.69. The summed E-state index contributed by atoms with van der Waals surface area (Å²) in [7, 11) is 0. The SMILES string of the molecule is Cc1ccc(NC(=O)C(Sc2nccn2C2CC2)c2ccccc2)cc1Cl. The Bertz CT molecular complexity index is 953. The molecule has 0 bridgehead atoms. The number of aromatic nitrogens is 2. The van der Waals surface area contributed by atoms with Crippen LogP contribution in [-0.4, -0.2) is 15.5 Å². The molecule has 138 valence electrons. The molecule has 4 nitrogen and oxygen atoms in total. The summed E-state index contributed by atoms with van der Waals surface area (Å²) in [6.45, 7) is 1.94. The number of amides is 1. The van der Waals surface area contributed by atoms with Crippen molar-refractivity contribution in [1.29, 1.82) is 0 Å². The maximum atomic E-state index is 13.1. The van der Waals surface area contributed by atoms with Crippen LogP contribution in [-0.2, 0) is 4.79 Å². The van der Waals surface area contributed by atoms with Crippen molar-refractivity contribution in [3.63, 3.8) is 0 Å². The molecule has 4 rings (SSSR count). The molecule has 3 aromatic rings. The smallest absolute Gasteiger partial charge is 0.242 e. The van der Waals surface area contributed by atoms with Gasteiger partial charge in [0.05, 0.1) is 0 Å². The molecule has 1 N–H and O–H groups in total. The summed E-state index contributed by atoms with van der Waals surface area (Å²) in [6, 6.07) is 15.9. The van der Waals surface area contributed by atoms with E-state index in [0.29, 0.717) is 16.8 Å². The van der Waals surface area contributed by atoms with Crippen LogP contribution in [0.15, 0.2) is 66.1 Å². The predicted molar refractivity (Wildman–Crippen MR) is 110 cm³/mol. The van der Waals surface area contributed by atoms with Gasteiger partial charge < -0.3 is 9.88 Å². The number of aryl methyl sites for hydroxylation is 1. The van der Waals surface area contributed by atoms with E-state index in [9.17, 15) is 4.79 Å². The fourth-order valence-electron chi connectivity index (χ4n) is 2.91. The van der Waals surface area contributed by atoms with Gasteiger partial charge in [-0.3, -0.25) is 4.79 Å². The second kappa shape index (κ2) is 7.79. The van der Waals surface area contributed by atoms with Gasteiger partial charge in [0, 0.05) is 29.1 Å². The van der Waals surface area contributed by atoms with Crippen molar-refractivity contribution in [3.05, 3.63) is 77.1 Å². The molecule has 1 aromatic heterocycles. The number of nitrogens with one attached hydrogen (secondary N) is 1. The summed E-state index contributed by atoms with van der Waals surface area (Å²) in [6.07, 6.45) is 6.15. The van der Waals surface area contributed by atoms with Gasteiger partial charge >= 0.3 is 0 Å². The van der Waals surface area contributed by atoms with Crippen molar-refractivity contribution in [2.45, 2.75) is 36.2 Å². The molecule has 2 aromatic carbocycles. The number of carbonyl (C=O) groups is 1. The van der Waals surface area contributed by atoms with Gasteiger partial charge in [0.15, 0.2) is 5.16 Å². The van der Waals surface area contributed by atoms with Crippen LogP contribution in [0.4, 0.5) is 5.69 Å². The highest BCUT2D eigenvalue weighted by atomic mass is 35.5. The largest absolute Gasteiger partial charge is 0.325 e. The minimum Gasteiger partial charge on any atom is -0.325 e. The third kappa shape index (κ3) is 4.20. The molecule has 1 fully saturated rings. The van der Waals surface area contributed by atoms with Crippen LogP contribution >= 0.6 is 23.4 Å². The summed E-state index contributed by atoms with van der Waals surface area (Å²) in [5.41, 5.74) is 2.63. The highest BCUT2D eigenvalue weighted by molar-refractivity contribution is 8.00. The molecular formula is C21H20ClN3OS. The number of anilines is 1. The van der Waals surface area contributed by atoms with Gasteiger partial charge in [0.25, 0.3) is 0 Å². The van der Waals surface area contributed by atoms with Gasteiger partial charge in [-0.05, 0) is 43.0 Å². The molecule has 27 heavy (non-hydrogen) atoms. The van der Waals surface area contributed by atoms with Gasteiger partial charge in [-0.15, -0.1) is 0 Å². The molecule has 0 aliphatic heterocycles. The molecule has 0 radical (unpaired) electrons. The Balaban J connectivity index is 1.60. The molecule has 1 aliphatic rings. The van der Waals surface area contributed by atoms with Crippen molar-refractivity contribution < 1.29 is 4.79 Å². The zero-order valence-corrected chi connectivity index (χ0v) is 16.5. The third-order valence-corrected chi connectivity index (χ3v) is 6.23. The molecule has 0 spiro atoms. The van der Waals surface area contributed by atoms with Crippen LogP contribution in [0.3, 0.4) is 0 Å². The highest BCUT2D eigenvalue weighted by Crippen LogP contribution is 2.41. The Morgan fingerprint density at radius 2 is 2.04 bits per heavy atom. The second-order valence-electron chi connectivity index (χ2n) is 6.71. The first-order valence-corrected chi connectivity index (χ1v) is 10.2. The molecular weight excluding hydrogens is 378 g/mol. The number of carbonyl (C=O) groups excluding carboxylic acids is 1. The number of nitrogens with zero attached hydrogens (tertiary/aromatic N) is 2. The molecule has 1 atom stereocenters. The van der Waals surface area contributed by atoms with Crippen molar-refractivity contribution in [2.75, 3.05) is 5.32 Å². The number of hydrogen-bond acceptors (Lipinski definition) is 3. The first kappa shape index (κ1) is 18.1. The molecule has 1 heterocycles. The fraction of sp³-hybridized carbons (Fsp3) is 0.238. The van der Waals surface area contributed by atoms with E-state index in [1.807, 2.05) is 55.6 Å². The Labute approximate surface area is 168 Å². The normalized spacial score (nSPS) is 14.7. The minimum absolute atomic E-state index is 0.0866. The minimum atomic E-state index is -0.397. The second-order valence-corrected chi connectivity index (χ2v) is 8.19. The Morgan fingerprint density at radius 3 is 2.74 bits per heavy atom. The van der Waals surface area contributed by atoms with E-state index in [1.54, 1.807) is 12.3 Å². The van der Waals surface area contributed by atoms with E-state index in [1.165, 1.54) is 24.6 Å². The van der Waals surface area contributed by atoms with Gasteiger partial charge in [-0.2, -0.15) is 0 Å². The maximum absolute atomic E-state index is 13.1. The first-order chi connectivity index (χ1) is 13.1. The summed E-state index contributed by atoms with van der Waals surface area (Å²) in [4.78, 5) is 17.6. The molecule has 6 heteroatoms. The van der Waals surface area contributed by atoms with Crippen LogP contribution in [0.2, 0.25) is 5.02 Å². The molecule has 0 saturated heterocycles. The van der Waals surface area contributed by atoms with Crippen LogP contribution in [0.1, 0.15) is 35.3 Å². The Hall–Kier alpha value is -2.24. The van der Waals surface area contributed by atoms with Crippen LogP contribution in [0.25, 0.3) is 0 Å². The number of halogens is 1. The lowest BCUT2D eigenvalue weighted by molar-refractivity contribution is -0.115. The number of thioether (sulfide) groups is 1. The van der Waals surface area contributed by atoms with Crippen LogP contribution < -0.4 is 5.32 Å². The first-order valence-electron chi connectivity index (χ1n) is 8.93. The van der Waals surface area contributed by atoms with Crippen molar-refractivity contribution in [2.24, 2.45) is 0 Å². The molecule has 1 unspecified atom stereocenters. The van der Waals surface area contributed by atoms with Crippen molar-refractivity contribution >= 4 is 35.0 Å². The predicted octanol–water partition coefficient (Wildman–Crippen LogP) is 5.65. The highest BCUT2D eigenvalue weighted by Gasteiger charge is 2.29. The summed E-state index contributed by atoms with van der Waals surface area (Å²) in [5.74, 6) is -0.0866. The quantitative estimate of drug-likeness (QED) is 0.546. The van der Waals surface area contributed by atoms with Gasteiger partial charge in [0.2, 0.25) is 5.91 Å². The molecule has 1 saturated carbocycles. The lowest BCUT2D eigenvalue weighted by Gasteiger charge is -2.17. The summed E-state index contributed by atoms with van der Waals surface area (Å²) < 4.78 is 2.18. The van der Waals surface area contributed by atoms with Gasteiger partial charge in [-0.25, -0.2) is 4.98 Å². The van der Waals surface area contributed by atoms with Gasteiger partial charge in [0.1, 0.15) is 5.25 Å². The zero-order valence-electron chi connectivity index (χ0n) is 14.9. The Kier molecular flexibility index (Phi) is 5.23. The van der Waals surface area contributed by atoms with Crippen molar-refractivity contribution in [3.8, 4) is 0 Å². The molecule has 1 amide bonds. The van der Waals surface area contributed by atoms with E-state index in [2.05, 4.69) is 14.9 Å². The number of imidazole rings is 1. The zero-order chi connectivity index (χ0) is 18.8. The van der Waals surface area contributed by atoms with E-state index in [0.717, 1.165) is 16.3 Å². The van der Waals surface area contributed by atoms with E-state index >= 15 is 0 Å². The van der Waals surface area contributed by atoms with Crippen molar-refractivity contribution in [1.82, 2.24) is 9.55 Å².